The van der Waals surface area contributed by atoms with Gasteiger partial charge in [-0.15, -0.1) is 0 Å². The van der Waals surface area contributed by atoms with E-state index in [0.717, 1.165) is 24.3 Å². The molecule has 268 valence electrons. The maximum atomic E-state index is 14.3. The minimum absolute atomic E-state index is 0.0245. The second kappa shape index (κ2) is 15.9. The molecule has 0 aliphatic rings. The molecule has 0 saturated heterocycles. The lowest BCUT2D eigenvalue weighted by Gasteiger charge is -2.29. The van der Waals surface area contributed by atoms with Crippen LogP contribution in [-0.4, -0.2) is 43.6 Å². The first kappa shape index (κ1) is 38.1. The zero-order valence-corrected chi connectivity index (χ0v) is 27.2. The van der Waals surface area contributed by atoms with Crippen molar-refractivity contribution in [3.63, 3.8) is 0 Å². The van der Waals surface area contributed by atoms with Gasteiger partial charge in [-0.3, -0.25) is 19.2 Å². The number of alkyl halides is 6. The summed E-state index contributed by atoms with van der Waals surface area (Å²) in [7, 11) is 0. The number of hydrogen-bond donors (Lipinski definition) is 1. The van der Waals surface area contributed by atoms with Crippen molar-refractivity contribution in [2.75, 3.05) is 25.1 Å². The van der Waals surface area contributed by atoms with E-state index in [1.54, 1.807) is 12.1 Å². The lowest BCUT2D eigenvalue weighted by Crippen LogP contribution is -2.50. The molecule has 51 heavy (non-hydrogen) atoms. The number of hydrogen-bond acceptors (Lipinski definition) is 7. The Morgan fingerprint density at radius 1 is 0.647 bits per heavy atom. The SMILES string of the molecule is CCOC(=O)C(COC(=O)Cc1ccc(NC(=O)c2ccccc2-c2ccc(C(F)(F)F)cc2)cc1C(F)(F)F)(C(=O)OCC)c1ccccc1. The van der Waals surface area contributed by atoms with E-state index in [2.05, 4.69) is 5.32 Å². The molecule has 14 heteroatoms. The average molecular weight is 716 g/mol. The lowest BCUT2D eigenvalue weighted by atomic mass is 9.81. The van der Waals surface area contributed by atoms with Crippen LogP contribution in [0.1, 0.15) is 46.5 Å². The average Bonchev–Trinajstić information content (AvgIpc) is 3.09. The Morgan fingerprint density at radius 2 is 1.24 bits per heavy atom. The third-order valence-electron chi connectivity index (χ3n) is 7.67. The van der Waals surface area contributed by atoms with E-state index in [9.17, 15) is 45.5 Å². The molecule has 8 nitrogen and oxygen atoms in total. The summed E-state index contributed by atoms with van der Waals surface area (Å²) in [4.78, 5) is 52.6. The van der Waals surface area contributed by atoms with Crippen LogP contribution >= 0.6 is 0 Å². The van der Waals surface area contributed by atoms with Gasteiger partial charge in [0.05, 0.1) is 30.8 Å². The third-order valence-corrected chi connectivity index (χ3v) is 7.67. The van der Waals surface area contributed by atoms with Crippen LogP contribution < -0.4 is 5.32 Å². The summed E-state index contributed by atoms with van der Waals surface area (Å²) in [6.45, 7) is 1.78. The first-order valence-corrected chi connectivity index (χ1v) is 15.5. The molecule has 4 aromatic rings. The zero-order valence-electron chi connectivity index (χ0n) is 27.2. The number of amides is 1. The molecule has 0 bridgehead atoms. The Bertz CT molecular complexity index is 1860. The van der Waals surface area contributed by atoms with E-state index >= 15 is 0 Å². The number of benzene rings is 4. The molecule has 0 aliphatic heterocycles. The maximum Gasteiger partial charge on any atom is 0.416 e. The topological polar surface area (TPSA) is 108 Å². The fourth-order valence-corrected chi connectivity index (χ4v) is 5.19. The fraction of sp³-hybridized carbons (Fsp3) is 0.243. The van der Waals surface area contributed by atoms with Gasteiger partial charge in [0.15, 0.2) is 0 Å². The highest BCUT2D eigenvalue weighted by molar-refractivity contribution is 6.09. The van der Waals surface area contributed by atoms with Gasteiger partial charge in [0, 0.05) is 11.3 Å². The van der Waals surface area contributed by atoms with Crippen LogP contribution in [0, 0.1) is 0 Å². The van der Waals surface area contributed by atoms with Gasteiger partial charge in [0.1, 0.15) is 6.61 Å². The maximum absolute atomic E-state index is 14.3. The van der Waals surface area contributed by atoms with Gasteiger partial charge >= 0.3 is 30.3 Å². The van der Waals surface area contributed by atoms with E-state index in [1.807, 2.05) is 0 Å². The minimum Gasteiger partial charge on any atom is -0.465 e. The molecule has 4 aromatic carbocycles. The summed E-state index contributed by atoms with van der Waals surface area (Å²) >= 11 is 0. The number of esters is 3. The van der Waals surface area contributed by atoms with Gasteiger partial charge in [0.25, 0.3) is 5.91 Å². The molecule has 0 aromatic heterocycles. The normalized spacial score (nSPS) is 11.8. The highest BCUT2D eigenvalue weighted by atomic mass is 19.4. The highest BCUT2D eigenvalue weighted by Gasteiger charge is 2.52. The van der Waals surface area contributed by atoms with Crippen LogP contribution in [0.3, 0.4) is 0 Å². The van der Waals surface area contributed by atoms with E-state index < -0.39 is 71.3 Å². The van der Waals surface area contributed by atoms with Crippen LogP contribution in [0.5, 0.6) is 0 Å². The van der Waals surface area contributed by atoms with Crippen LogP contribution in [-0.2, 0) is 52.8 Å². The number of nitrogens with one attached hydrogen (secondary N) is 1. The van der Waals surface area contributed by atoms with Crippen molar-refractivity contribution < 1.29 is 59.7 Å². The summed E-state index contributed by atoms with van der Waals surface area (Å²) in [5.74, 6) is -4.23. The predicted octanol–water partition coefficient (Wildman–Crippen LogP) is 7.79. The van der Waals surface area contributed by atoms with E-state index in [1.165, 1.54) is 68.4 Å². The first-order valence-electron chi connectivity index (χ1n) is 15.5. The minimum atomic E-state index is -5.00. The standard InChI is InChI=1S/C37H31F6NO7/c1-3-49-33(47)35(34(48)50-4-2,25-10-6-5-7-11-25)22-51-31(45)20-24-16-19-27(21-30(24)37(41,42)43)44-32(46)29-13-9-8-12-28(29)23-14-17-26(18-15-23)36(38,39)40/h5-19,21H,3-4,20,22H2,1-2H3,(H,44,46). The highest BCUT2D eigenvalue weighted by Crippen LogP contribution is 2.36. The van der Waals surface area contributed by atoms with Crippen LogP contribution in [0.2, 0.25) is 0 Å². The predicted molar refractivity (Wildman–Crippen MR) is 172 cm³/mol. The summed E-state index contributed by atoms with van der Waals surface area (Å²) in [5.41, 5.74) is -4.72. The number of carbonyl (C=O) groups is 4. The Kier molecular flexibility index (Phi) is 11.9. The first-order chi connectivity index (χ1) is 24.1. The molecule has 0 fully saturated rings. The van der Waals surface area contributed by atoms with Crippen molar-refractivity contribution >= 4 is 29.5 Å². The van der Waals surface area contributed by atoms with Crippen molar-refractivity contribution in [2.24, 2.45) is 0 Å². The third kappa shape index (κ3) is 8.93. The molecule has 0 aliphatic carbocycles. The number of rotatable bonds is 12. The lowest BCUT2D eigenvalue weighted by molar-refractivity contribution is -0.170. The van der Waals surface area contributed by atoms with Crippen molar-refractivity contribution in [1.29, 1.82) is 0 Å². The molecular weight excluding hydrogens is 684 g/mol. The second-order valence-corrected chi connectivity index (χ2v) is 11.0. The number of ether oxygens (including phenoxy) is 3. The largest absolute Gasteiger partial charge is 0.465 e. The van der Waals surface area contributed by atoms with Gasteiger partial charge in [0.2, 0.25) is 5.41 Å². The van der Waals surface area contributed by atoms with Crippen molar-refractivity contribution in [1.82, 2.24) is 0 Å². The smallest absolute Gasteiger partial charge is 0.416 e. The summed E-state index contributed by atoms with van der Waals surface area (Å²) < 4.78 is 97.4. The molecule has 4 rings (SSSR count). The van der Waals surface area contributed by atoms with Gasteiger partial charge in [-0.25, -0.2) is 0 Å². The molecular formula is C37H31F6NO7. The van der Waals surface area contributed by atoms with Crippen LogP contribution in [0.4, 0.5) is 32.0 Å². The van der Waals surface area contributed by atoms with Gasteiger partial charge < -0.3 is 19.5 Å². The van der Waals surface area contributed by atoms with Crippen LogP contribution in [0.15, 0.2) is 97.1 Å². The van der Waals surface area contributed by atoms with Crippen molar-refractivity contribution in [2.45, 2.75) is 38.0 Å². The summed E-state index contributed by atoms with van der Waals surface area (Å²) in [6, 6.07) is 20.1. The summed E-state index contributed by atoms with van der Waals surface area (Å²) in [6.07, 6.45) is -10.5. The molecule has 1 amide bonds. The molecule has 0 saturated carbocycles. The molecule has 0 heterocycles. The van der Waals surface area contributed by atoms with Gasteiger partial charge in [-0.2, -0.15) is 26.3 Å². The number of anilines is 1. The zero-order chi connectivity index (χ0) is 37.4. The molecule has 1 N–H and O–H groups in total. The van der Waals surface area contributed by atoms with Gasteiger partial charge in [-0.1, -0.05) is 66.7 Å². The Hall–Kier alpha value is -5.66. The fourth-order valence-electron chi connectivity index (χ4n) is 5.19. The number of halogens is 6. The molecule has 0 unspecified atom stereocenters. The monoisotopic (exact) mass is 715 g/mol. The van der Waals surface area contributed by atoms with Crippen LogP contribution in [0.25, 0.3) is 11.1 Å². The van der Waals surface area contributed by atoms with E-state index in [-0.39, 0.29) is 41.2 Å². The van der Waals surface area contributed by atoms with Gasteiger partial charge in [-0.05, 0) is 66.4 Å². The Labute approximate surface area is 288 Å². The van der Waals surface area contributed by atoms with Crippen molar-refractivity contribution in [3.8, 4) is 11.1 Å². The molecule has 0 spiro atoms. The van der Waals surface area contributed by atoms with E-state index in [4.69, 9.17) is 14.2 Å². The number of carbonyl (C=O) groups excluding carboxylic acids is 4. The molecule has 0 atom stereocenters. The quantitative estimate of drug-likeness (QED) is 0.0691. The Morgan fingerprint density at radius 3 is 1.80 bits per heavy atom. The second-order valence-electron chi connectivity index (χ2n) is 11.0. The van der Waals surface area contributed by atoms with E-state index in [0.29, 0.717) is 6.07 Å². The summed E-state index contributed by atoms with van der Waals surface area (Å²) in [5, 5.41) is 2.37. The molecule has 0 radical (unpaired) electrons. The van der Waals surface area contributed by atoms with Crippen molar-refractivity contribution in [3.05, 3.63) is 125 Å². The Balaban J connectivity index is 1.58.